The summed E-state index contributed by atoms with van der Waals surface area (Å²) < 4.78 is 6.96. The smallest absolute Gasteiger partial charge is 0.293 e. The highest BCUT2D eigenvalue weighted by molar-refractivity contribution is 9.11. The molecule has 0 N–H and O–H groups in total. The fourth-order valence-electron chi connectivity index (χ4n) is 2.48. The van der Waals surface area contributed by atoms with Gasteiger partial charge in [0.2, 0.25) is 0 Å². The van der Waals surface area contributed by atoms with Crippen LogP contribution >= 0.6 is 55.2 Å². The van der Waals surface area contributed by atoms with Crippen molar-refractivity contribution in [1.82, 2.24) is 4.90 Å². The Hall–Kier alpha value is -1.28. The van der Waals surface area contributed by atoms with E-state index in [-0.39, 0.29) is 17.7 Å². The third-order valence-electron chi connectivity index (χ3n) is 3.69. The van der Waals surface area contributed by atoms with Crippen molar-refractivity contribution in [2.75, 3.05) is 7.11 Å². The van der Waals surface area contributed by atoms with Gasteiger partial charge in [-0.05, 0) is 57.5 Å². The van der Waals surface area contributed by atoms with E-state index >= 15 is 0 Å². The van der Waals surface area contributed by atoms with Crippen LogP contribution < -0.4 is 4.74 Å². The molecule has 8 heteroatoms. The van der Waals surface area contributed by atoms with Crippen molar-refractivity contribution in [1.29, 1.82) is 0 Å². The molecule has 1 saturated heterocycles. The Morgan fingerprint density at radius 1 is 1.23 bits per heavy atom. The Morgan fingerprint density at radius 3 is 2.65 bits per heavy atom. The van der Waals surface area contributed by atoms with Crippen LogP contribution in [-0.2, 0) is 11.3 Å². The Labute approximate surface area is 176 Å². The lowest BCUT2D eigenvalue weighted by Crippen LogP contribution is -2.27. The molecule has 3 rings (SSSR count). The number of hydrogen-bond acceptors (Lipinski definition) is 4. The minimum Gasteiger partial charge on any atom is -0.495 e. The molecule has 0 aliphatic carbocycles. The molecule has 0 spiro atoms. The van der Waals surface area contributed by atoms with Gasteiger partial charge in [-0.15, -0.1) is 0 Å². The van der Waals surface area contributed by atoms with Gasteiger partial charge in [0.15, 0.2) is 0 Å². The van der Waals surface area contributed by atoms with Crippen molar-refractivity contribution in [3.05, 3.63) is 66.4 Å². The summed E-state index contributed by atoms with van der Waals surface area (Å²) in [6.45, 7) is 0.140. The Morgan fingerprint density at radius 2 is 1.96 bits per heavy atom. The second kappa shape index (κ2) is 8.17. The van der Waals surface area contributed by atoms with Crippen LogP contribution in [0.15, 0.2) is 50.2 Å². The molecular weight excluding hydrogens is 506 g/mol. The standard InChI is InChI=1S/C18H12Br2ClNO3S/c1-25-16-11(6-12(19)8-13(16)20)7-15-17(23)22(18(24)26-15)9-10-4-2-3-5-14(10)21/h2-8H,9H2,1H3/b15-7+. The van der Waals surface area contributed by atoms with Gasteiger partial charge in [0.05, 0.1) is 23.0 Å². The van der Waals surface area contributed by atoms with Crippen LogP contribution in [-0.4, -0.2) is 23.2 Å². The van der Waals surface area contributed by atoms with E-state index < -0.39 is 0 Å². The first-order valence-corrected chi connectivity index (χ1v) is 10.2. The predicted octanol–water partition coefficient (Wildman–Crippen LogP) is 6.11. The fourth-order valence-corrected chi connectivity index (χ4v) is 4.92. The van der Waals surface area contributed by atoms with Gasteiger partial charge in [-0.1, -0.05) is 45.7 Å². The number of halogens is 3. The maximum atomic E-state index is 12.7. The summed E-state index contributed by atoms with van der Waals surface area (Å²) >= 11 is 13.9. The molecule has 0 aromatic heterocycles. The minimum absolute atomic E-state index is 0.140. The number of nitrogens with zero attached hydrogens (tertiary/aromatic N) is 1. The monoisotopic (exact) mass is 515 g/mol. The average molecular weight is 518 g/mol. The summed E-state index contributed by atoms with van der Waals surface area (Å²) in [6.07, 6.45) is 1.66. The lowest BCUT2D eigenvalue weighted by Gasteiger charge is -2.13. The molecule has 2 aromatic carbocycles. The summed E-state index contributed by atoms with van der Waals surface area (Å²) in [5, 5.41) is 0.197. The Bertz CT molecular complexity index is 933. The van der Waals surface area contributed by atoms with Gasteiger partial charge in [-0.3, -0.25) is 14.5 Å². The maximum absolute atomic E-state index is 12.7. The molecule has 1 heterocycles. The largest absolute Gasteiger partial charge is 0.495 e. The van der Waals surface area contributed by atoms with Gasteiger partial charge < -0.3 is 4.74 Å². The van der Waals surface area contributed by atoms with Gasteiger partial charge in [0.25, 0.3) is 11.1 Å². The quantitative estimate of drug-likeness (QED) is 0.459. The van der Waals surface area contributed by atoms with E-state index in [0.717, 1.165) is 26.3 Å². The lowest BCUT2D eigenvalue weighted by atomic mass is 10.1. The first-order chi connectivity index (χ1) is 12.4. The molecule has 4 nitrogen and oxygen atoms in total. The molecule has 0 unspecified atom stereocenters. The number of benzene rings is 2. The molecule has 0 bridgehead atoms. The summed E-state index contributed by atoms with van der Waals surface area (Å²) in [4.78, 5) is 26.6. The molecule has 1 aliphatic rings. The number of hydrogen-bond donors (Lipinski definition) is 0. The van der Waals surface area contributed by atoms with E-state index in [0.29, 0.717) is 21.2 Å². The normalized spacial score (nSPS) is 15.8. The van der Waals surface area contributed by atoms with Crippen molar-refractivity contribution in [2.45, 2.75) is 6.54 Å². The second-order valence-electron chi connectivity index (χ2n) is 5.37. The average Bonchev–Trinajstić information content (AvgIpc) is 2.84. The Balaban J connectivity index is 1.92. The van der Waals surface area contributed by atoms with Gasteiger partial charge in [0, 0.05) is 15.1 Å². The van der Waals surface area contributed by atoms with Crippen LogP contribution in [0.4, 0.5) is 4.79 Å². The van der Waals surface area contributed by atoms with E-state index in [9.17, 15) is 9.59 Å². The number of carbonyl (C=O) groups is 2. The Kier molecular flexibility index (Phi) is 6.12. The molecule has 2 aromatic rings. The van der Waals surface area contributed by atoms with Gasteiger partial charge in [-0.2, -0.15) is 0 Å². The fraction of sp³-hybridized carbons (Fsp3) is 0.111. The molecule has 2 amide bonds. The molecule has 0 radical (unpaired) electrons. The van der Waals surface area contributed by atoms with Crippen LogP contribution in [0.5, 0.6) is 5.75 Å². The van der Waals surface area contributed by atoms with E-state index in [2.05, 4.69) is 31.9 Å². The lowest BCUT2D eigenvalue weighted by molar-refractivity contribution is -0.123. The van der Waals surface area contributed by atoms with Crippen LogP contribution in [0.2, 0.25) is 5.02 Å². The summed E-state index contributed by atoms with van der Waals surface area (Å²) in [6, 6.07) is 10.8. The molecule has 0 atom stereocenters. The number of imide groups is 1. The summed E-state index contributed by atoms with van der Waals surface area (Å²) in [5.41, 5.74) is 1.41. The van der Waals surface area contributed by atoms with E-state index in [4.69, 9.17) is 16.3 Å². The van der Waals surface area contributed by atoms with Gasteiger partial charge in [-0.25, -0.2) is 0 Å². The second-order valence-corrected chi connectivity index (χ2v) is 8.54. The van der Waals surface area contributed by atoms with Crippen LogP contribution in [0.25, 0.3) is 6.08 Å². The summed E-state index contributed by atoms with van der Waals surface area (Å²) in [5.74, 6) is 0.240. The molecule has 26 heavy (non-hydrogen) atoms. The topological polar surface area (TPSA) is 46.6 Å². The zero-order chi connectivity index (χ0) is 18.8. The first kappa shape index (κ1) is 19.5. The predicted molar refractivity (Wildman–Crippen MR) is 111 cm³/mol. The van der Waals surface area contributed by atoms with Crippen molar-refractivity contribution < 1.29 is 14.3 Å². The van der Waals surface area contributed by atoms with Crippen LogP contribution in [0, 0.1) is 0 Å². The number of carbonyl (C=O) groups excluding carboxylic acids is 2. The van der Waals surface area contributed by atoms with Crippen molar-refractivity contribution >= 4 is 72.4 Å². The molecule has 1 fully saturated rings. The van der Waals surface area contributed by atoms with Crippen LogP contribution in [0.1, 0.15) is 11.1 Å². The third kappa shape index (κ3) is 4.01. The van der Waals surface area contributed by atoms with Gasteiger partial charge in [0.1, 0.15) is 5.75 Å². The molecule has 1 aliphatic heterocycles. The van der Waals surface area contributed by atoms with E-state index in [1.807, 2.05) is 18.2 Å². The molecule has 0 saturated carbocycles. The number of amides is 2. The number of thioether (sulfide) groups is 1. The SMILES string of the molecule is COc1c(Br)cc(Br)cc1/C=C1/SC(=O)N(Cc2ccccc2Cl)C1=O. The van der Waals surface area contributed by atoms with E-state index in [1.54, 1.807) is 31.4 Å². The third-order valence-corrected chi connectivity index (χ3v) is 6.01. The van der Waals surface area contributed by atoms with Crippen molar-refractivity contribution in [3.63, 3.8) is 0 Å². The summed E-state index contributed by atoms with van der Waals surface area (Å²) in [7, 11) is 1.55. The highest BCUT2D eigenvalue weighted by Gasteiger charge is 2.35. The van der Waals surface area contributed by atoms with Crippen LogP contribution in [0.3, 0.4) is 0 Å². The molecular formula is C18H12Br2ClNO3S. The number of ether oxygens (including phenoxy) is 1. The zero-order valence-electron chi connectivity index (χ0n) is 13.5. The number of methoxy groups -OCH3 is 1. The zero-order valence-corrected chi connectivity index (χ0v) is 18.2. The first-order valence-electron chi connectivity index (χ1n) is 7.42. The van der Waals surface area contributed by atoms with E-state index in [1.165, 1.54) is 4.90 Å². The van der Waals surface area contributed by atoms with Crippen molar-refractivity contribution in [2.24, 2.45) is 0 Å². The van der Waals surface area contributed by atoms with Gasteiger partial charge >= 0.3 is 0 Å². The minimum atomic E-state index is -0.349. The highest BCUT2D eigenvalue weighted by atomic mass is 79.9. The maximum Gasteiger partial charge on any atom is 0.293 e. The number of rotatable bonds is 4. The van der Waals surface area contributed by atoms with Crippen molar-refractivity contribution in [3.8, 4) is 5.75 Å². The molecule has 134 valence electrons. The highest BCUT2D eigenvalue weighted by Crippen LogP contribution is 2.38.